The summed E-state index contributed by atoms with van der Waals surface area (Å²) >= 11 is 0. The molecular weight excluding hydrogens is 164 g/mol. The first-order valence-corrected chi connectivity index (χ1v) is 4.45. The van der Waals surface area contributed by atoms with Gasteiger partial charge in [-0.2, -0.15) is 0 Å². The van der Waals surface area contributed by atoms with E-state index in [1.807, 2.05) is 32.0 Å². The van der Waals surface area contributed by atoms with E-state index in [1.54, 1.807) is 0 Å². The predicted molar refractivity (Wildman–Crippen MR) is 55.0 cm³/mol. The van der Waals surface area contributed by atoms with E-state index in [9.17, 15) is 0 Å². The van der Waals surface area contributed by atoms with Crippen molar-refractivity contribution in [3.05, 3.63) is 23.8 Å². The van der Waals surface area contributed by atoms with Gasteiger partial charge in [-0.05, 0) is 37.6 Å². The van der Waals surface area contributed by atoms with E-state index >= 15 is 0 Å². The molecule has 0 aromatic heterocycles. The highest BCUT2D eigenvalue weighted by molar-refractivity contribution is 5.50. The van der Waals surface area contributed by atoms with Crippen LogP contribution in [0.5, 0.6) is 5.75 Å². The maximum atomic E-state index is 5.41. The van der Waals surface area contributed by atoms with Gasteiger partial charge in [0.2, 0.25) is 0 Å². The molecule has 3 heteroatoms. The van der Waals surface area contributed by atoms with Crippen LogP contribution in [0.1, 0.15) is 12.5 Å². The molecule has 3 nitrogen and oxygen atoms in total. The Morgan fingerprint density at radius 2 is 2.23 bits per heavy atom. The van der Waals surface area contributed by atoms with Crippen molar-refractivity contribution >= 4 is 5.69 Å². The molecule has 1 rings (SSSR count). The molecule has 13 heavy (non-hydrogen) atoms. The lowest BCUT2D eigenvalue weighted by atomic mass is 10.2. The summed E-state index contributed by atoms with van der Waals surface area (Å²) in [6.07, 6.45) is 0. The minimum Gasteiger partial charge on any atom is -0.494 e. The summed E-state index contributed by atoms with van der Waals surface area (Å²) in [5.74, 6) is 0.935. The summed E-state index contributed by atoms with van der Waals surface area (Å²) in [4.78, 5) is 0. The van der Waals surface area contributed by atoms with Gasteiger partial charge in [0, 0.05) is 5.69 Å². The zero-order valence-electron chi connectivity index (χ0n) is 8.13. The van der Waals surface area contributed by atoms with Crippen molar-refractivity contribution in [3.8, 4) is 5.75 Å². The lowest BCUT2D eigenvalue weighted by Gasteiger charge is -2.09. The molecule has 0 heterocycles. The lowest BCUT2D eigenvalue weighted by Crippen LogP contribution is -2.10. The molecule has 72 valence electrons. The Morgan fingerprint density at radius 1 is 1.46 bits per heavy atom. The summed E-state index contributed by atoms with van der Waals surface area (Å²) in [5.41, 5.74) is 7.52. The van der Waals surface area contributed by atoms with Crippen LogP contribution in [0, 0.1) is 6.92 Å². The van der Waals surface area contributed by atoms with Gasteiger partial charge in [-0.3, -0.25) is 0 Å². The van der Waals surface area contributed by atoms with Crippen LogP contribution >= 0.6 is 0 Å². The highest BCUT2D eigenvalue weighted by atomic mass is 16.5. The van der Waals surface area contributed by atoms with Crippen molar-refractivity contribution in [2.45, 2.75) is 13.8 Å². The number of rotatable bonds is 4. The molecule has 0 fully saturated rings. The van der Waals surface area contributed by atoms with Gasteiger partial charge in [0.15, 0.2) is 0 Å². The third-order valence-corrected chi connectivity index (χ3v) is 1.78. The molecule has 0 radical (unpaired) electrons. The fourth-order valence-corrected chi connectivity index (χ4v) is 1.19. The fourth-order valence-electron chi connectivity index (χ4n) is 1.19. The highest BCUT2D eigenvalue weighted by Gasteiger charge is 1.98. The predicted octanol–water partition coefficient (Wildman–Crippen LogP) is 1.72. The van der Waals surface area contributed by atoms with Crippen molar-refractivity contribution in [2.75, 3.05) is 18.6 Å². The monoisotopic (exact) mass is 180 g/mol. The molecule has 0 amide bonds. The largest absolute Gasteiger partial charge is 0.494 e. The van der Waals surface area contributed by atoms with Crippen LogP contribution in [-0.4, -0.2) is 13.3 Å². The summed E-state index contributed by atoms with van der Waals surface area (Å²) in [6.45, 7) is 5.15. The van der Waals surface area contributed by atoms with Gasteiger partial charge in [-0.25, -0.2) is 0 Å². The number of hydrogen-bond acceptors (Lipinski definition) is 3. The van der Waals surface area contributed by atoms with Gasteiger partial charge >= 0.3 is 0 Å². The Bertz CT molecular complexity index is 274. The number of aryl methyl sites for hydroxylation is 1. The Labute approximate surface area is 78.9 Å². The molecule has 0 atom stereocenters. The Kier molecular flexibility index (Phi) is 3.58. The number of benzene rings is 1. The summed E-state index contributed by atoms with van der Waals surface area (Å²) < 4.78 is 5.41. The SMILES string of the molecule is CCOc1ccc(NCN)cc1C. The van der Waals surface area contributed by atoms with Gasteiger partial charge in [0.05, 0.1) is 13.3 Å². The first kappa shape index (κ1) is 9.86. The average molecular weight is 180 g/mol. The topological polar surface area (TPSA) is 47.3 Å². The van der Waals surface area contributed by atoms with E-state index < -0.39 is 0 Å². The van der Waals surface area contributed by atoms with Crippen molar-refractivity contribution < 1.29 is 4.74 Å². The van der Waals surface area contributed by atoms with E-state index in [4.69, 9.17) is 10.5 Å². The van der Waals surface area contributed by atoms with Gasteiger partial charge in [0.1, 0.15) is 5.75 Å². The molecule has 1 aromatic carbocycles. The van der Waals surface area contributed by atoms with Crippen LogP contribution in [-0.2, 0) is 0 Å². The number of ether oxygens (including phenoxy) is 1. The second-order valence-electron chi connectivity index (χ2n) is 2.79. The molecule has 1 aromatic rings. The number of hydrogen-bond donors (Lipinski definition) is 2. The molecule has 0 unspecified atom stereocenters. The Hall–Kier alpha value is -1.22. The van der Waals surface area contributed by atoms with Crippen LogP contribution in [0.4, 0.5) is 5.69 Å². The minimum atomic E-state index is 0.452. The van der Waals surface area contributed by atoms with Gasteiger partial charge < -0.3 is 15.8 Å². The maximum absolute atomic E-state index is 5.41. The van der Waals surface area contributed by atoms with Gasteiger partial charge in [0.25, 0.3) is 0 Å². The minimum absolute atomic E-state index is 0.452. The van der Waals surface area contributed by atoms with E-state index in [2.05, 4.69) is 5.32 Å². The van der Waals surface area contributed by atoms with Crippen LogP contribution in [0.15, 0.2) is 18.2 Å². The molecule has 0 saturated heterocycles. The number of anilines is 1. The third-order valence-electron chi connectivity index (χ3n) is 1.78. The van der Waals surface area contributed by atoms with Crippen molar-refractivity contribution in [1.82, 2.24) is 0 Å². The maximum Gasteiger partial charge on any atom is 0.122 e. The number of nitrogens with two attached hydrogens (primary N) is 1. The molecule has 3 N–H and O–H groups in total. The van der Waals surface area contributed by atoms with Crippen LogP contribution in [0.2, 0.25) is 0 Å². The van der Waals surface area contributed by atoms with Gasteiger partial charge in [-0.1, -0.05) is 0 Å². The summed E-state index contributed by atoms with van der Waals surface area (Å²) in [7, 11) is 0. The third kappa shape index (κ3) is 2.63. The van der Waals surface area contributed by atoms with E-state index in [0.29, 0.717) is 13.3 Å². The smallest absolute Gasteiger partial charge is 0.122 e. The van der Waals surface area contributed by atoms with Crippen molar-refractivity contribution in [2.24, 2.45) is 5.73 Å². The van der Waals surface area contributed by atoms with Gasteiger partial charge in [-0.15, -0.1) is 0 Å². The van der Waals surface area contributed by atoms with Crippen LogP contribution in [0.25, 0.3) is 0 Å². The highest BCUT2D eigenvalue weighted by Crippen LogP contribution is 2.21. The Morgan fingerprint density at radius 3 is 2.77 bits per heavy atom. The zero-order valence-corrected chi connectivity index (χ0v) is 8.13. The molecule has 0 aliphatic heterocycles. The Balaban J connectivity index is 2.79. The zero-order chi connectivity index (χ0) is 9.68. The summed E-state index contributed by atoms with van der Waals surface area (Å²) in [5, 5.41) is 3.04. The van der Waals surface area contributed by atoms with E-state index in [0.717, 1.165) is 17.0 Å². The van der Waals surface area contributed by atoms with E-state index in [-0.39, 0.29) is 0 Å². The molecule has 0 aliphatic rings. The fraction of sp³-hybridized carbons (Fsp3) is 0.400. The molecule has 0 saturated carbocycles. The standard InChI is InChI=1S/C10H16N2O/c1-3-13-10-5-4-9(12-7-11)6-8(10)2/h4-6,12H,3,7,11H2,1-2H3. The molecule has 0 spiro atoms. The first-order valence-electron chi connectivity index (χ1n) is 4.45. The molecule has 0 bridgehead atoms. The molecular formula is C10H16N2O. The second kappa shape index (κ2) is 4.72. The van der Waals surface area contributed by atoms with Crippen LogP contribution < -0.4 is 15.8 Å². The lowest BCUT2D eigenvalue weighted by molar-refractivity contribution is 0.338. The second-order valence-corrected chi connectivity index (χ2v) is 2.79. The number of nitrogens with one attached hydrogen (secondary N) is 1. The average Bonchev–Trinajstić information content (AvgIpc) is 2.10. The first-order chi connectivity index (χ1) is 6.27. The van der Waals surface area contributed by atoms with Crippen molar-refractivity contribution in [3.63, 3.8) is 0 Å². The normalized spacial score (nSPS) is 9.77. The van der Waals surface area contributed by atoms with Crippen molar-refractivity contribution in [1.29, 1.82) is 0 Å². The van der Waals surface area contributed by atoms with Crippen LogP contribution in [0.3, 0.4) is 0 Å². The molecule has 0 aliphatic carbocycles. The van der Waals surface area contributed by atoms with E-state index in [1.165, 1.54) is 0 Å². The quantitative estimate of drug-likeness (QED) is 0.693. The summed E-state index contributed by atoms with van der Waals surface area (Å²) in [6, 6.07) is 5.94.